The van der Waals surface area contributed by atoms with Crippen molar-refractivity contribution >= 4 is 23.6 Å². The number of benzene rings is 1. The Hall–Kier alpha value is -1.79. The second-order valence-electron chi connectivity index (χ2n) is 12.8. The fourth-order valence-corrected chi connectivity index (χ4v) is 7.64. The molecule has 0 radical (unpaired) electrons. The van der Waals surface area contributed by atoms with E-state index < -0.39 is 0 Å². The molecule has 0 spiro atoms. The molecule has 1 aliphatic carbocycles. The zero-order valence-electron chi connectivity index (χ0n) is 22.9. The van der Waals surface area contributed by atoms with Crippen LogP contribution >= 0.6 is 11.6 Å². The monoisotopic (exact) mass is 529 g/mol. The van der Waals surface area contributed by atoms with Gasteiger partial charge in [-0.15, -0.1) is 0 Å². The van der Waals surface area contributed by atoms with Gasteiger partial charge in [-0.05, 0) is 88.6 Å². The Labute approximate surface area is 227 Å². The summed E-state index contributed by atoms with van der Waals surface area (Å²) in [6.45, 7) is 8.87. The van der Waals surface area contributed by atoms with Crippen LogP contribution in [0.4, 0.5) is 4.79 Å². The van der Waals surface area contributed by atoms with E-state index in [1.54, 1.807) is 0 Å². The molecule has 6 nitrogen and oxygen atoms in total. The number of piperidine rings is 2. The zero-order valence-corrected chi connectivity index (χ0v) is 23.6. The van der Waals surface area contributed by atoms with E-state index in [4.69, 9.17) is 16.3 Å². The van der Waals surface area contributed by atoms with Crippen molar-refractivity contribution in [2.75, 3.05) is 46.4 Å². The Balaban J connectivity index is 1.32. The molecule has 0 bridgehead atoms. The first-order valence-electron chi connectivity index (χ1n) is 14.4. The van der Waals surface area contributed by atoms with Crippen molar-refractivity contribution in [2.45, 2.75) is 76.7 Å². The van der Waals surface area contributed by atoms with E-state index in [2.05, 4.69) is 42.8 Å². The van der Waals surface area contributed by atoms with Gasteiger partial charge in [0.25, 0.3) is 0 Å². The van der Waals surface area contributed by atoms with Gasteiger partial charge in [0, 0.05) is 43.0 Å². The smallest absolute Gasteiger partial charge is 0.410 e. The minimum Gasteiger partial charge on any atom is -0.447 e. The summed E-state index contributed by atoms with van der Waals surface area (Å²) in [5.41, 5.74) is 1.00. The number of rotatable bonds is 5. The summed E-state index contributed by atoms with van der Waals surface area (Å²) >= 11 is 6.16. The highest BCUT2D eigenvalue weighted by molar-refractivity contribution is 6.30. The number of ether oxygens (including phenoxy) is 1. The van der Waals surface area contributed by atoms with E-state index in [0.29, 0.717) is 18.4 Å². The molecule has 0 N–H and O–H groups in total. The summed E-state index contributed by atoms with van der Waals surface area (Å²) in [5, 5.41) is 0.732. The lowest BCUT2D eigenvalue weighted by Gasteiger charge is -2.51. The summed E-state index contributed by atoms with van der Waals surface area (Å²) in [5.74, 6) is 1.12. The number of amides is 2. The molecular weight excluding hydrogens is 486 g/mol. The van der Waals surface area contributed by atoms with Gasteiger partial charge < -0.3 is 14.5 Å². The largest absolute Gasteiger partial charge is 0.447 e. The van der Waals surface area contributed by atoms with E-state index in [1.807, 2.05) is 17.0 Å². The molecule has 4 aliphatic rings. The molecule has 2 atom stereocenters. The summed E-state index contributed by atoms with van der Waals surface area (Å²) in [7, 11) is 2.15. The van der Waals surface area contributed by atoms with E-state index in [9.17, 15) is 9.59 Å². The quantitative estimate of drug-likeness (QED) is 0.484. The number of carbonyl (C=O) groups is 2. The number of halogens is 1. The Morgan fingerprint density at radius 2 is 1.70 bits per heavy atom. The van der Waals surface area contributed by atoms with Gasteiger partial charge in [-0.1, -0.05) is 43.0 Å². The molecule has 37 heavy (non-hydrogen) atoms. The maximum Gasteiger partial charge on any atom is 0.410 e. The van der Waals surface area contributed by atoms with Crippen molar-refractivity contribution in [1.29, 1.82) is 0 Å². The van der Waals surface area contributed by atoms with Crippen LogP contribution < -0.4 is 0 Å². The van der Waals surface area contributed by atoms with E-state index in [-0.39, 0.29) is 28.9 Å². The van der Waals surface area contributed by atoms with Crippen molar-refractivity contribution in [2.24, 2.45) is 17.3 Å². The van der Waals surface area contributed by atoms with E-state index >= 15 is 0 Å². The van der Waals surface area contributed by atoms with Gasteiger partial charge in [-0.2, -0.15) is 0 Å². The summed E-state index contributed by atoms with van der Waals surface area (Å²) < 4.78 is 5.47. The number of hydrogen-bond donors (Lipinski definition) is 0. The van der Waals surface area contributed by atoms with Gasteiger partial charge in [-0.3, -0.25) is 9.69 Å². The van der Waals surface area contributed by atoms with Gasteiger partial charge in [0.05, 0.1) is 5.54 Å². The Bertz CT molecular complexity index is 967. The highest BCUT2D eigenvalue weighted by Crippen LogP contribution is 2.48. The predicted octanol–water partition coefficient (Wildman–Crippen LogP) is 5.80. The van der Waals surface area contributed by atoms with Crippen molar-refractivity contribution < 1.29 is 14.3 Å². The molecule has 1 saturated carbocycles. The highest BCUT2D eigenvalue weighted by atomic mass is 35.5. The van der Waals surface area contributed by atoms with Crippen LogP contribution in [-0.2, 0) is 9.53 Å². The van der Waals surface area contributed by atoms with Crippen LogP contribution in [0.15, 0.2) is 24.3 Å². The third kappa shape index (κ3) is 5.52. The van der Waals surface area contributed by atoms with Crippen LogP contribution in [0.1, 0.15) is 76.7 Å². The average molecular weight is 530 g/mol. The molecule has 0 aromatic heterocycles. The molecule has 1 aromatic carbocycles. The van der Waals surface area contributed by atoms with Crippen LogP contribution in [0.3, 0.4) is 0 Å². The Morgan fingerprint density at radius 1 is 1.03 bits per heavy atom. The normalized spacial score (nSPS) is 28.8. The van der Waals surface area contributed by atoms with Gasteiger partial charge >= 0.3 is 6.09 Å². The molecule has 2 amide bonds. The lowest BCUT2D eigenvalue weighted by molar-refractivity contribution is -0.141. The highest BCUT2D eigenvalue weighted by Gasteiger charge is 2.50. The molecule has 1 aromatic rings. The number of cyclic esters (lactones) is 1. The van der Waals surface area contributed by atoms with Crippen LogP contribution in [0.5, 0.6) is 0 Å². The second kappa shape index (κ2) is 10.8. The maximum atomic E-state index is 14.0. The summed E-state index contributed by atoms with van der Waals surface area (Å²) in [6.07, 6.45) is 9.02. The Kier molecular flexibility index (Phi) is 7.80. The standard InChI is InChI=1S/C30H44ClN3O3/c1-29(2)21-37-28(36)34(29)20-30(23-7-5-4-6-8-23)14-17-33(18-15-30)27(35)25-13-16-32(3)19-26(25)22-9-11-24(31)12-10-22/h9-12,23,25-26H,4-8,13-21H2,1-3H3. The summed E-state index contributed by atoms with van der Waals surface area (Å²) in [4.78, 5) is 33.2. The minimum atomic E-state index is -0.272. The zero-order chi connectivity index (χ0) is 26.2. The maximum absolute atomic E-state index is 14.0. The molecule has 5 rings (SSSR count). The molecule has 204 valence electrons. The number of carbonyl (C=O) groups excluding carboxylic acids is 2. The number of nitrogens with zero attached hydrogens (tertiary/aromatic N) is 3. The summed E-state index contributed by atoms with van der Waals surface area (Å²) in [6, 6.07) is 8.07. The molecule has 3 aliphatic heterocycles. The molecule has 3 saturated heterocycles. The first-order valence-corrected chi connectivity index (χ1v) is 14.7. The number of likely N-dealkylation sites (N-methyl/N-ethyl adjacent to an activating group) is 1. The minimum absolute atomic E-state index is 0.00653. The van der Waals surface area contributed by atoms with E-state index in [1.165, 1.54) is 37.7 Å². The van der Waals surface area contributed by atoms with Crippen molar-refractivity contribution in [1.82, 2.24) is 14.7 Å². The average Bonchev–Trinajstić information content (AvgIpc) is 3.16. The van der Waals surface area contributed by atoms with Gasteiger partial charge in [0.1, 0.15) is 6.61 Å². The lowest BCUT2D eigenvalue weighted by atomic mass is 9.63. The van der Waals surface area contributed by atoms with Gasteiger partial charge in [0.2, 0.25) is 5.91 Å². The molecule has 4 fully saturated rings. The number of hydrogen-bond acceptors (Lipinski definition) is 4. The third-order valence-corrected chi connectivity index (χ3v) is 10.2. The number of likely N-dealkylation sites (tertiary alicyclic amines) is 2. The topological polar surface area (TPSA) is 53.1 Å². The van der Waals surface area contributed by atoms with Crippen LogP contribution in [-0.4, -0.2) is 78.6 Å². The molecule has 3 heterocycles. The third-order valence-electron chi connectivity index (χ3n) is 9.95. The van der Waals surface area contributed by atoms with Crippen LogP contribution in [0.2, 0.25) is 5.02 Å². The molecule has 2 unspecified atom stereocenters. The van der Waals surface area contributed by atoms with Crippen molar-refractivity contribution in [3.05, 3.63) is 34.9 Å². The van der Waals surface area contributed by atoms with E-state index in [0.717, 1.165) is 57.0 Å². The lowest BCUT2D eigenvalue weighted by Crippen LogP contribution is -2.56. The van der Waals surface area contributed by atoms with Gasteiger partial charge in [0.15, 0.2) is 0 Å². The van der Waals surface area contributed by atoms with Crippen LogP contribution in [0, 0.1) is 17.3 Å². The SMILES string of the molecule is CN1CCC(C(=O)N2CCC(CN3C(=O)OCC3(C)C)(C3CCCCC3)CC2)C(c2ccc(Cl)cc2)C1. The fourth-order valence-electron chi connectivity index (χ4n) is 7.51. The predicted molar refractivity (Wildman–Crippen MR) is 147 cm³/mol. The second-order valence-corrected chi connectivity index (χ2v) is 13.2. The van der Waals surface area contributed by atoms with Gasteiger partial charge in [-0.25, -0.2) is 4.79 Å². The molecular formula is C30H44ClN3O3. The first kappa shape index (κ1) is 26.8. The Morgan fingerprint density at radius 3 is 2.32 bits per heavy atom. The van der Waals surface area contributed by atoms with Crippen molar-refractivity contribution in [3.8, 4) is 0 Å². The first-order chi connectivity index (χ1) is 17.7. The fraction of sp³-hybridized carbons (Fsp3) is 0.733. The van der Waals surface area contributed by atoms with Crippen molar-refractivity contribution in [3.63, 3.8) is 0 Å². The van der Waals surface area contributed by atoms with Crippen LogP contribution in [0.25, 0.3) is 0 Å². The molecule has 7 heteroatoms.